The van der Waals surface area contributed by atoms with Gasteiger partial charge in [-0.3, -0.25) is 4.79 Å². The molecule has 0 bridgehead atoms. The van der Waals surface area contributed by atoms with Gasteiger partial charge in [0.25, 0.3) is 0 Å². The van der Waals surface area contributed by atoms with E-state index in [0.717, 1.165) is 31.2 Å². The predicted octanol–water partition coefficient (Wildman–Crippen LogP) is 2.69. The summed E-state index contributed by atoms with van der Waals surface area (Å²) in [5.74, 6) is 0.385. The fourth-order valence-electron chi connectivity index (χ4n) is 2.60. The normalized spacial score (nSPS) is 23.6. The quantitative estimate of drug-likeness (QED) is 0.625. The van der Waals surface area contributed by atoms with E-state index in [4.69, 9.17) is 4.74 Å². The van der Waals surface area contributed by atoms with Crippen molar-refractivity contribution in [2.45, 2.75) is 44.6 Å². The monoisotopic (exact) mass is 250 g/mol. The van der Waals surface area contributed by atoms with E-state index in [1.54, 1.807) is 6.07 Å². The Kier molecular flexibility index (Phi) is 3.75. The first kappa shape index (κ1) is 12.7. The van der Waals surface area contributed by atoms with Crippen LogP contribution in [-0.4, -0.2) is 22.3 Å². The minimum Gasteiger partial charge on any atom is -0.508 e. The number of esters is 1. The van der Waals surface area contributed by atoms with Gasteiger partial charge in [-0.05, 0) is 49.8 Å². The lowest BCUT2D eigenvalue weighted by Crippen LogP contribution is -2.22. The van der Waals surface area contributed by atoms with E-state index in [9.17, 15) is 15.0 Å². The van der Waals surface area contributed by atoms with Gasteiger partial charge in [-0.15, -0.1) is 0 Å². The smallest absolute Gasteiger partial charge is 0.302 e. The van der Waals surface area contributed by atoms with Crippen LogP contribution in [0.25, 0.3) is 0 Å². The van der Waals surface area contributed by atoms with E-state index < -0.39 is 0 Å². The molecule has 0 heterocycles. The lowest BCUT2D eigenvalue weighted by molar-refractivity contribution is -0.147. The van der Waals surface area contributed by atoms with Crippen molar-refractivity contribution in [1.29, 1.82) is 0 Å². The maximum absolute atomic E-state index is 10.9. The molecule has 0 amide bonds. The van der Waals surface area contributed by atoms with E-state index in [2.05, 4.69) is 0 Å². The molecule has 1 saturated carbocycles. The molecule has 1 aromatic carbocycles. The van der Waals surface area contributed by atoms with Crippen LogP contribution < -0.4 is 0 Å². The van der Waals surface area contributed by atoms with E-state index in [-0.39, 0.29) is 29.5 Å². The summed E-state index contributed by atoms with van der Waals surface area (Å²) in [5, 5.41) is 19.3. The van der Waals surface area contributed by atoms with Crippen LogP contribution in [0.3, 0.4) is 0 Å². The molecule has 4 heteroatoms. The molecular formula is C14H18O4. The number of aromatic hydroxyl groups is 2. The molecule has 1 aromatic rings. The molecule has 1 fully saturated rings. The largest absolute Gasteiger partial charge is 0.508 e. The highest BCUT2D eigenvalue weighted by atomic mass is 16.5. The minimum absolute atomic E-state index is 0.00166. The van der Waals surface area contributed by atoms with Crippen molar-refractivity contribution < 1.29 is 19.7 Å². The van der Waals surface area contributed by atoms with Gasteiger partial charge in [0, 0.05) is 12.5 Å². The Morgan fingerprint density at radius 1 is 1.22 bits per heavy atom. The van der Waals surface area contributed by atoms with Crippen molar-refractivity contribution in [2.75, 3.05) is 0 Å². The summed E-state index contributed by atoms with van der Waals surface area (Å²) in [6.45, 7) is 1.42. The molecule has 0 aromatic heterocycles. The zero-order chi connectivity index (χ0) is 13.1. The van der Waals surface area contributed by atoms with Crippen LogP contribution in [0.15, 0.2) is 18.2 Å². The van der Waals surface area contributed by atoms with Crippen LogP contribution in [-0.2, 0) is 9.53 Å². The Morgan fingerprint density at radius 2 is 1.89 bits per heavy atom. The fraction of sp³-hybridized carbons (Fsp3) is 0.500. The standard InChI is InChI=1S/C14H18O4/c1-9(15)18-12-5-2-10(3-6-12)13-8-11(16)4-7-14(13)17/h4,7-8,10,12,16-17H,2-3,5-6H2,1H3. The highest BCUT2D eigenvalue weighted by Crippen LogP contribution is 2.39. The second-order valence-corrected chi connectivity index (χ2v) is 4.83. The molecule has 4 nitrogen and oxygen atoms in total. The lowest BCUT2D eigenvalue weighted by Gasteiger charge is -2.28. The van der Waals surface area contributed by atoms with Crippen LogP contribution in [0, 0.1) is 0 Å². The zero-order valence-corrected chi connectivity index (χ0v) is 10.4. The summed E-state index contributed by atoms with van der Waals surface area (Å²) in [6.07, 6.45) is 3.32. The van der Waals surface area contributed by atoms with Crippen LogP contribution in [0.4, 0.5) is 0 Å². The molecule has 0 radical (unpaired) electrons. The van der Waals surface area contributed by atoms with Gasteiger partial charge in [0.05, 0.1) is 0 Å². The molecule has 0 aliphatic heterocycles. The van der Waals surface area contributed by atoms with E-state index in [1.165, 1.54) is 19.1 Å². The number of phenolic OH excluding ortho intramolecular Hbond substituents is 2. The van der Waals surface area contributed by atoms with Gasteiger partial charge < -0.3 is 14.9 Å². The predicted molar refractivity (Wildman–Crippen MR) is 66.5 cm³/mol. The van der Waals surface area contributed by atoms with Crippen LogP contribution in [0.2, 0.25) is 0 Å². The van der Waals surface area contributed by atoms with Gasteiger partial charge in [0.2, 0.25) is 0 Å². The van der Waals surface area contributed by atoms with Gasteiger partial charge in [-0.1, -0.05) is 0 Å². The van der Waals surface area contributed by atoms with Gasteiger partial charge in [-0.2, -0.15) is 0 Å². The Balaban J connectivity index is 2.01. The molecular weight excluding hydrogens is 232 g/mol. The first-order chi connectivity index (χ1) is 8.56. The van der Waals surface area contributed by atoms with Crippen molar-refractivity contribution in [2.24, 2.45) is 0 Å². The minimum atomic E-state index is -0.237. The Labute approximate surface area is 106 Å². The molecule has 98 valence electrons. The number of phenols is 2. The Bertz CT molecular complexity index is 433. The Morgan fingerprint density at radius 3 is 2.50 bits per heavy atom. The molecule has 18 heavy (non-hydrogen) atoms. The number of ether oxygens (including phenoxy) is 1. The third-order valence-corrected chi connectivity index (χ3v) is 3.46. The average molecular weight is 250 g/mol. The highest BCUT2D eigenvalue weighted by Gasteiger charge is 2.25. The zero-order valence-electron chi connectivity index (χ0n) is 10.4. The second kappa shape index (κ2) is 5.29. The lowest BCUT2D eigenvalue weighted by atomic mass is 9.82. The number of hydrogen-bond acceptors (Lipinski definition) is 4. The molecule has 1 aliphatic rings. The summed E-state index contributed by atoms with van der Waals surface area (Å²) in [5.41, 5.74) is 0.788. The molecule has 2 rings (SSSR count). The van der Waals surface area contributed by atoms with Crippen molar-refractivity contribution in [3.63, 3.8) is 0 Å². The number of benzene rings is 1. The molecule has 0 unspecified atom stereocenters. The van der Waals surface area contributed by atoms with Gasteiger partial charge in [0.15, 0.2) is 0 Å². The molecule has 1 aliphatic carbocycles. The van der Waals surface area contributed by atoms with Crippen molar-refractivity contribution in [3.8, 4) is 11.5 Å². The first-order valence-corrected chi connectivity index (χ1v) is 6.25. The molecule has 0 saturated heterocycles. The Hall–Kier alpha value is -1.71. The van der Waals surface area contributed by atoms with E-state index >= 15 is 0 Å². The molecule has 0 spiro atoms. The summed E-state index contributed by atoms with van der Waals surface area (Å²) < 4.78 is 5.18. The highest BCUT2D eigenvalue weighted by molar-refractivity contribution is 5.66. The summed E-state index contributed by atoms with van der Waals surface area (Å²) in [4.78, 5) is 10.9. The third kappa shape index (κ3) is 2.94. The maximum atomic E-state index is 10.9. The summed E-state index contributed by atoms with van der Waals surface area (Å²) >= 11 is 0. The SMILES string of the molecule is CC(=O)OC1CCC(c2cc(O)ccc2O)CC1. The number of rotatable bonds is 2. The van der Waals surface area contributed by atoms with Crippen molar-refractivity contribution in [3.05, 3.63) is 23.8 Å². The van der Waals surface area contributed by atoms with Gasteiger partial charge in [0.1, 0.15) is 17.6 Å². The average Bonchev–Trinajstić information content (AvgIpc) is 2.33. The fourth-order valence-corrected chi connectivity index (χ4v) is 2.60. The summed E-state index contributed by atoms with van der Waals surface area (Å²) in [7, 11) is 0. The third-order valence-electron chi connectivity index (χ3n) is 3.46. The van der Waals surface area contributed by atoms with Crippen molar-refractivity contribution in [1.82, 2.24) is 0 Å². The number of carbonyl (C=O) groups is 1. The second-order valence-electron chi connectivity index (χ2n) is 4.83. The van der Waals surface area contributed by atoms with Crippen LogP contribution in [0.5, 0.6) is 11.5 Å². The van der Waals surface area contributed by atoms with Gasteiger partial charge in [-0.25, -0.2) is 0 Å². The maximum Gasteiger partial charge on any atom is 0.302 e. The van der Waals surface area contributed by atoms with Crippen LogP contribution >= 0.6 is 0 Å². The topological polar surface area (TPSA) is 66.8 Å². The number of carbonyl (C=O) groups excluding carboxylic acids is 1. The van der Waals surface area contributed by atoms with E-state index in [1.807, 2.05) is 0 Å². The van der Waals surface area contributed by atoms with Crippen LogP contribution in [0.1, 0.15) is 44.1 Å². The molecule has 2 N–H and O–H groups in total. The number of hydrogen-bond donors (Lipinski definition) is 2. The van der Waals surface area contributed by atoms with Crippen molar-refractivity contribution >= 4 is 5.97 Å². The summed E-state index contributed by atoms with van der Waals surface area (Å²) in [6, 6.07) is 4.61. The molecule has 0 atom stereocenters. The first-order valence-electron chi connectivity index (χ1n) is 6.25. The van der Waals surface area contributed by atoms with E-state index in [0.29, 0.717) is 0 Å². The van der Waals surface area contributed by atoms with Gasteiger partial charge >= 0.3 is 5.97 Å².